The zero-order valence-electron chi connectivity index (χ0n) is 15.2. The van der Waals surface area contributed by atoms with Crippen LogP contribution in [0.5, 0.6) is 5.75 Å². The monoisotopic (exact) mass is 416 g/mol. The summed E-state index contributed by atoms with van der Waals surface area (Å²) >= 11 is 0. The molecule has 0 aliphatic heterocycles. The Kier molecular flexibility index (Phi) is 7.03. The van der Waals surface area contributed by atoms with Crippen LogP contribution in [0.25, 0.3) is 0 Å². The number of carbonyl (C=O) groups is 1. The number of amides is 1. The van der Waals surface area contributed by atoms with E-state index in [2.05, 4.69) is 0 Å². The smallest absolute Gasteiger partial charge is 0.243 e. The number of sulfonamides is 1. The Hall–Kier alpha value is -2.59. The minimum Gasteiger partial charge on any atom is -0.494 e. The van der Waals surface area contributed by atoms with Gasteiger partial charge in [-0.2, -0.15) is 4.31 Å². The van der Waals surface area contributed by atoms with Gasteiger partial charge in [0.1, 0.15) is 5.75 Å². The van der Waals surface area contributed by atoms with Gasteiger partial charge in [-0.25, -0.2) is 21.6 Å². The summed E-state index contributed by atoms with van der Waals surface area (Å²) in [7, 11) is -4.01. The number of anilines is 1. The molecule has 28 heavy (non-hydrogen) atoms. The molecule has 0 unspecified atom stereocenters. The van der Waals surface area contributed by atoms with E-state index in [1.807, 2.05) is 5.32 Å². The largest absolute Gasteiger partial charge is 0.494 e. The van der Waals surface area contributed by atoms with Crippen molar-refractivity contribution in [2.45, 2.75) is 18.7 Å². The number of likely N-dealkylation sites (N-methyl/N-ethyl adjacent to an activating group) is 1. The van der Waals surface area contributed by atoms with Crippen LogP contribution >= 0.6 is 0 Å². The number of carbonyl (C=O) groups excluding carboxylic acids is 1. The van der Waals surface area contributed by atoms with E-state index in [-0.39, 0.29) is 11.4 Å². The first-order valence-electron chi connectivity index (χ1n) is 8.37. The Labute approximate surface area is 161 Å². The van der Waals surface area contributed by atoms with Gasteiger partial charge in [-0.3, -0.25) is 4.79 Å². The van der Waals surface area contributed by atoms with Gasteiger partial charge in [0.15, 0.2) is 17.5 Å². The molecule has 2 aromatic carbocycles. The lowest BCUT2D eigenvalue weighted by Crippen LogP contribution is -2.38. The Balaban J connectivity index is 2.16. The maximum Gasteiger partial charge on any atom is 0.243 e. The maximum atomic E-state index is 13.7. The molecule has 0 radical (unpaired) electrons. The van der Waals surface area contributed by atoms with Gasteiger partial charge in [0.25, 0.3) is 0 Å². The molecule has 152 valence electrons. The van der Waals surface area contributed by atoms with Gasteiger partial charge in [0.2, 0.25) is 15.9 Å². The summed E-state index contributed by atoms with van der Waals surface area (Å²) < 4.78 is 71.4. The van der Waals surface area contributed by atoms with Gasteiger partial charge < -0.3 is 10.1 Å². The molecule has 1 amide bonds. The number of rotatable bonds is 8. The van der Waals surface area contributed by atoms with Crippen LogP contribution in [0.15, 0.2) is 41.3 Å². The normalized spacial score (nSPS) is 11.5. The Bertz CT molecular complexity index is 950. The van der Waals surface area contributed by atoms with Gasteiger partial charge in [0.05, 0.1) is 23.7 Å². The van der Waals surface area contributed by atoms with E-state index in [0.717, 1.165) is 10.4 Å². The van der Waals surface area contributed by atoms with Crippen molar-refractivity contribution < 1.29 is 31.1 Å². The van der Waals surface area contributed by atoms with Crippen molar-refractivity contribution in [2.24, 2.45) is 0 Å². The van der Waals surface area contributed by atoms with Gasteiger partial charge in [-0.15, -0.1) is 0 Å². The van der Waals surface area contributed by atoms with Crippen molar-refractivity contribution in [1.82, 2.24) is 4.31 Å². The van der Waals surface area contributed by atoms with Crippen LogP contribution in [0.3, 0.4) is 0 Å². The molecule has 2 aromatic rings. The first kappa shape index (κ1) is 21.7. The average molecular weight is 416 g/mol. The van der Waals surface area contributed by atoms with E-state index in [9.17, 15) is 26.4 Å². The summed E-state index contributed by atoms with van der Waals surface area (Å²) in [5, 5.41) is 2.05. The van der Waals surface area contributed by atoms with Crippen molar-refractivity contribution >= 4 is 21.6 Å². The average Bonchev–Trinajstić information content (AvgIpc) is 2.67. The maximum absolute atomic E-state index is 13.7. The van der Waals surface area contributed by atoms with E-state index in [4.69, 9.17) is 4.74 Å². The molecule has 0 saturated carbocycles. The quantitative estimate of drug-likeness (QED) is 0.671. The molecular weight excluding hydrogens is 397 g/mol. The lowest BCUT2D eigenvalue weighted by atomic mass is 10.2. The third-order valence-corrected chi connectivity index (χ3v) is 5.69. The second kappa shape index (κ2) is 9.07. The molecule has 0 aliphatic carbocycles. The zero-order chi connectivity index (χ0) is 20.9. The number of benzene rings is 2. The number of ether oxygens (including phenoxy) is 1. The molecule has 0 aromatic heterocycles. The number of hydrogen-bond acceptors (Lipinski definition) is 4. The van der Waals surface area contributed by atoms with Crippen LogP contribution < -0.4 is 10.1 Å². The van der Waals surface area contributed by atoms with Crippen LogP contribution in [0.2, 0.25) is 0 Å². The van der Waals surface area contributed by atoms with Crippen molar-refractivity contribution in [3.63, 3.8) is 0 Å². The van der Waals surface area contributed by atoms with E-state index in [0.29, 0.717) is 18.4 Å². The van der Waals surface area contributed by atoms with Crippen LogP contribution in [-0.2, 0) is 14.8 Å². The van der Waals surface area contributed by atoms with Crippen LogP contribution in [0.4, 0.5) is 18.9 Å². The molecule has 0 bridgehead atoms. The minimum absolute atomic E-state index is 0.0385. The summed E-state index contributed by atoms with van der Waals surface area (Å²) in [6.07, 6.45) is 0. The number of hydrogen-bond donors (Lipinski definition) is 1. The fourth-order valence-corrected chi connectivity index (χ4v) is 3.77. The predicted octanol–water partition coefficient (Wildman–Crippen LogP) is 3.15. The highest BCUT2D eigenvalue weighted by Crippen LogP contribution is 2.21. The van der Waals surface area contributed by atoms with Gasteiger partial charge in [-0.05, 0) is 43.3 Å². The summed E-state index contributed by atoms with van der Waals surface area (Å²) in [5.41, 5.74) is -0.585. The van der Waals surface area contributed by atoms with E-state index < -0.39 is 45.6 Å². The second-order valence-corrected chi connectivity index (χ2v) is 7.54. The lowest BCUT2D eigenvalue weighted by molar-refractivity contribution is -0.116. The van der Waals surface area contributed by atoms with Crippen molar-refractivity contribution in [3.05, 3.63) is 53.8 Å². The summed E-state index contributed by atoms with van der Waals surface area (Å²) in [6, 6.07) is 7.17. The highest BCUT2D eigenvalue weighted by atomic mass is 32.2. The number of nitrogens with one attached hydrogen (secondary N) is 1. The Morgan fingerprint density at radius 3 is 2.25 bits per heavy atom. The highest BCUT2D eigenvalue weighted by Gasteiger charge is 2.26. The molecule has 0 aliphatic rings. The molecule has 10 heteroatoms. The zero-order valence-corrected chi connectivity index (χ0v) is 16.0. The fraction of sp³-hybridized carbons (Fsp3) is 0.278. The third-order valence-electron chi connectivity index (χ3n) is 3.75. The van der Waals surface area contributed by atoms with Gasteiger partial charge in [0, 0.05) is 6.54 Å². The topological polar surface area (TPSA) is 75.7 Å². The third kappa shape index (κ3) is 4.82. The van der Waals surface area contributed by atoms with E-state index in [1.165, 1.54) is 31.2 Å². The summed E-state index contributed by atoms with van der Waals surface area (Å²) in [4.78, 5) is 12.1. The first-order valence-corrected chi connectivity index (χ1v) is 9.81. The SMILES string of the molecule is CCOc1ccc(S(=O)(=O)N(CC)CC(=O)Nc2ccc(F)c(F)c2F)cc1. The van der Waals surface area contributed by atoms with E-state index in [1.54, 1.807) is 6.92 Å². The number of halogens is 3. The second-order valence-electron chi connectivity index (χ2n) is 5.61. The first-order chi connectivity index (χ1) is 13.2. The predicted molar refractivity (Wildman–Crippen MR) is 97.0 cm³/mol. The molecule has 0 atom stereocenters. The fourth-order valence-electron chi connectivity index (χ4n) is 2.36. The minimum atomic E-state index is -4.01. The van der Waals surface area contributed by atoms with Crippen LogP contribution in [0.1, 0.15) is 13.8 Å². The van der Waals surface area contributed by atoms with Gasteiger partial charge in [-0.1, -0.05) is 6.92 Å². The lowest BCUT2D eigenvalue weighted by Gasteiger charge is -2.20. The molecule has 0 heterocycles. The van der Waals surface area contributed by atoms with Crippen molar-refractivity contribution in [3.8, 4) is 5.75 Å². The molecule has 1 N–H and O–H groups in total. The molecule has 0 spiro atoms. The van der Waals surface area contributed by atoms with Crippen LogP contribution in [-0.4, -0.2) is 38.3 Å². The summed E-state index contributed by atoms with van der Waals surface area (Å²) in [5.74, 6) is -5.10. The molecule has 6 nitrogen and oxygen atoms in total. The number of nitrogens with zero attached hydrogens (tertiary/aromatic N) is 1. The molecule has 2 rings (SSSR count). The standard InChI is InChI=1S/C18H19F3N2O4S/c1-3-23(28(25,26)13-7-5-12(6-8-13)27-4-2)11-16(24)22-15-10-9-14(19)17(20)18(15)21/h5-10H,3-4,11H2,1-2H3,(H,22,24). The van der Waals surface area contributed by atoms with Crippen LogP contribution in [0, 0.1) is 17.5 Å². The highest BCUT2D eigenvalue weighted by molar-refractivity contribution is 7.89. The molecular formula is C18H19F3N2O4S. The molecule has 0 saturated heterocycles. The van der Waals surface area contributed by atoms with Crippen molar-refractivity contribution in [2.75, 3.05) is 25.0 Å². The van der Waals surface area contributed by atoms with Gasteiger partial charge >= 0.3 is 0 Å². The Morgan fingerprint density at radius 2 is 1.68 bits per heavy atom. The Morgan fingerprint density at radius 1 is 1.04 bits per heavy atom. The molecule has 0 fully saturated rings. The summed E-state index contributed by atoms with van der Waals surface area (Å²) in [6.45, 7) is 3.07. The van der Waals surface area contributed by atoms with E-state index >= 15 is 0 Å². The van der Waals surface area contributed by atoms with Crippen molar-refractivity contribution in [1.29, 1.82) is 0 Å².